The Balaban J connectivity index is 1.67. The molecular weight excluding hydrogens is 372 g/mol. The van der Waals surface area contributed by atoms with Crippen molar-refractivity contribution in [2.75, 3.05) is 11.9 Å². The third-order valence-electron chi connectivity index (χ3n) is 3.43. The minimum Gasteiger partial charge on any atom is -0.494 e. The lowest BCUT2D eigenvalue weighted by Crippen LogP contribution is -2.34. The van der Waals surface area contributed by atoms with Crippen LogP contribution in [0.3, 0.4) is 0 Å². The number of ketones is 1. The maximum atomic E-state index is 11.9. The predicted molar refractivity (Wildman–Crippen MR) is 107 cm³/mol. The SMILES string of the molecule is CC(=O)c1ccc(NC(=S)NC(=O)CCCOc2ccc(Cl)cc2)cc1. The summed E-state index contributed by atoms with van der Waals surface area (Å²) in [5.41, 5.74) is 1.32. The Morgan fingerprint density at radius 3 is 2.35 bits per heavy atom. The van der Waals surface area contributed by atoms with E-state index in [9.17, 15) is 9.59 Å². The number of rotatable bonds is 7. The molecule has 0 aliphatic heterocycles. The number of nitrogens with one attached hydrogen (secondary N) is 2. The van der Waals surface area contributed by atoms with Crippen molar-refractivity contribution in [1.82, 2.24) is 5.32 Å². The fourth-order valence-corrected chi connectivity index (χ4v) is 2.45. The molecule has 1 amide bonds. The minimum absolute atomic E-state index is 0.00625. The van der Waals surface area contributed by atoms with Gasteiger partial charge in [0, 0.05) is 22.7 Å². The highest BCUT2D eigenvalue weighted by Gasteiger charge is 2.06. The highest BCUT2D eigenvalue weighted by Crippen LogP contribution is 2.15. The highest BCUT2D eigenvalue weighted by atomic mass is 35.5. The van der Waals surface area contributed by atoms with Gasteiger partial charge in [0.15, 0.2) is 10.9 Å². The van der Waals surface area contributed by atoms with Crippen LogP contribution in [0.2, 0.25) is 5.02 Å². The number of hydrogen-bond donors (Lipinski definition) is 2. The van der Waals surface area contributed by atoms with Gasteiger partial charge in [0.1, 0.15) is 5.75 Å². The molecule has 2 N–H and O–H groups in total. The van der Waals surface area contributed by atoms with Gasteiger partial charge in [0.25, 0.3) is 0 Å². The number of anilines is 1. The molecule has 0 aliphatic carbocycles. The summed E-state index contributed by atoms with van der Waals surface area (Å²) in [7, 11) is 0. The Bertz CT molecular complexity index is 776. The van der Waals surface area contributed by atoms with E-state index in [-0.39, 0.29) is 16.8 Å². The van der Waals surface area contributed by atoms with E-state index in [4.69, 9.17) is 28.6 Å². The number of ether oxygens (including phenoxy) is 1. The van der Waals surface area contributed by atoms with E-state index in [0.717, 1.165) is 0 Å². The first kappa shape index (κ1) is 19.9. The Morgan fingerprint density at radius 2 is 1.73 bits per heavy atom. The maximum Gasteiger partial charge on any atom is 0.226 e. The molecule has 0 heterocycles. The monoisotopic (exact) mass is 390 g/mol. The molecule has 5 nitrogen and oxygen atoms in total. The first-order chi connectivity index (χ1) is 12.4. The quantitative estimate of drug-likeness (QED) is 0.421. The molecule has 0 atom stereocenters. The van der Waals surface area contributed by atoms with Gasteiger partial charge in [-0.2, -0.15) is 0 Å². The van der Waals surface area contributed by atoms with Crippen LogP contribution in [0, 0.1) is 0 Å². The van der Waals surface area contributed by atoms with Gasteiger partial charge in [-0.25, -0.2) is 0 Å². The van der Waals surface area contributed by atoms with Crippen molar-refractivity contribution < 1.29 is 14.3 Å². The molecule has 0 bridgehead atoms. The zero-order valence-electron chi connectivity index (χ0n) is 14.3. The van der Waals surface area contributed by atoms with Gasteiger partial charge >= 0.3 is 0 Å². The zero-order chi connectivity index (χ0) is 18.9. The van der Waals surface area contributed by atoms with Crippen LogP contribution in [-0.2, 0) is 4.79 Å². The van der Waals surface area contributed by atoms with Gasteiger partial charge in [-0.1, -0.05) is 11.6 Å². The highest BCUT2D eigenvalue weighted by molar-refractivity contribution is 7.80. The first-order valence-corrected chi connectivity index (χ1v) is 8.83. The Kier molecular flexibility index (Phi) is 7.56. The first-order valence-electron chi connectivity index (χ1n) is 8.04. The Labute approximate surface area is 162 Å². The molecule has 0 radical (unpaired) electrons. The number of halogens is 1. The molecule has 0 saturated heterocycles. The molecule has 136 valence electrons. The number of carbonyl (C=O) groups is 2. The van der Waals surface area contributed by atoms with E-state index in [2.05, 4.69) is 10.6 Å². The molecule has 0 saturated carbocycles. The average Bonchev–Trinajstić information content (AvgIpc) is 2.60. The van der Waals surface area contributed by atoms with Crippen molar-refractivity contribution in [3.8, 4) is 5.75 Å². The standard InChI is InChI=1S/C19H19ClN2O3S/c1-13(23)14-4-8-16(9-5-14)21-19(26)22-18(24)3-2-12-25-17-10-6-15(20)7-11-17/h4-11H,2-3,12H2,1H3,(H2,21,22,24,26). The summed E-state index contributed by atoms with van der Waals surface area (Å²) in [6, 6.07) is 13.9. The zero-order valence-corrected chi connectivity index (χ0v) is 15.8. The second-order valence-electron chi connectivity index (χ2n) is 5.54. The van der Waals surface area contributed by atoms with Crippen LogP contribution < -0.4 is 15.4 Å². The van der Waals surface area contributed by atoms with E-state index in [1.54, 1.807) is 48.5 Å². The molecule has 2 aromatic carbocycles. The van der Waals surface area contributed by atoms with Crippen molar-refractivity contribution in [2.24, 2.45) is 0 Å². The third kappa shape index (κ3) is 6.82. The third-order valence-corrected chi connectivity index (χ3v) is 3.89. The summed E-state index contributed by atoms with van der Waals surface area (Å²) in [5, 5.41) is 6.38. The molecule has 0 aliphatic rings. The van der Waals surface area contributed by atoms with Crippen LogP contribution in [0.4, 0.5) is 5.69 Å². The predicted octanol–water partition coefficient (Wildman–Crippen LogP) is 4.21. The van der Waals surface area contributed by atoms with Gasteiger partial charge in [-0.3, -0.25) is 9.59 Å². The fraction of sp³-hybridized carbons (Fsp3) is 0.211. The van der Waals surface area contributed by atoms with Crippen molar-refractivity contribution >= 4 is 46.3 Å². The van der Waals surface area contributed by atoms with Crippen molar-refractivity contribution in [3.05, 3.63) is 59.1 Å². The van der Waals surface area contributed by atoms with Gasteiger partial charge in [-0.15, -0.1) is 0 Å². The number of thiocarbonyl (C=S) groups is 1. The molecule has 26 heavy (non-hydrogen) atoms. The summed E-state index contributed by atoms with van der Waals surface area (Å²) in [5.74, 6) is 0.511. The number of benzene rings is 2. The molecule has 0 aromatic heterocycles. The summed E-state index contributed by atoms with van der Waals surface area (Å²) in [4.78, 5) is 23.1. The van der Waals surface area contributed by atoms with E-state index < -0.39 is 0 Å². The minimum atomic E-state index is -0.192. The average molecular weight is 391 g/mol. The summed E-state index contributed by atoms with van der Waals surface area (Å²) < 4.78 is 5.53. The van der Waals surface area contributed by atoms with E-state index in [1.165, 1.54) is 6.92 Å². The van der Waals surface area contributed by atoms with Crippen LogP contribution in [0.1, 0.15) is 30.1 Å². The van der Waals surface area contributed by atoms with Gasteiger partial charge in [0.2, 0.25) is 5.91 Å². The van der Waals surface area contributed by atoms with Crippen LogP contribution in [0.5, 0.6) is 5.75 Å². The Hall–Kier alpha value is -2.44. The van der Waals surface area contributed by atoms with E-state index in [0.29, 0.717) is 41.5 Å². The largest absolute Gasteiger partial charge is 0.494 e. The molecular formula is C19H19ClN2O3S. The summed E-state index contributed by atoms with van der Waals surface area (Å²) in [6.45, 7) is 1.92. The molecule has 0 fully saturated rings. The van der Waals surface area contributed by atoms with Crippen LogP contribution >= 0.6 is 23.8 Å². The Morgan fingerprint density at radius 1 is 1.08 bits per heavy atom. The molecule has 7 heteroatoms. The molecule has 2 rings (SSSR count). The van der Waals surface area contributed by atoms with Crippen LogP contribution in [-0.4, -0.2) is 23.4 Å². The number of Topliss-reactive ketones (excluding diaryl/α,β-unsaturated/α-hetero) is 1. The van der Waals surface area contributed by atoms with Gasteiger partial charge < -0.3 is 15.4 Å². The summed E-state index contributed by atoms with van der Waals surface area (Å²) >= 11 is 10.9. The maximum absolute atomic E-state index is 11.9. The van der Waals surface area contributed by atoms with Crippen molar-refractivity contribution in [1.29, 1.82) is 0 Å². The second kappa shape index (κ2) is 9.89. The second-order valence-corrected chi connectivity index (χ2v) is 6.39. The lowest BCUT2D eigenvalue weighted by atomic mass is 10.1. The van der Waals surface area contributed by atoms with E-state index >= 15 is 0 Å². The number of hydrogen-bond acceptors (Lipinski definition) is 4. The van der Waals surface area contributed by atoms with Crippen molar-refractivity contribution in [2.45, 2.75) is 19.8 Å². The van der Waals surface area contributed by atoms with Crippen molar-refractivity contribution in [3.63, 3.8) is 0 Å². The number of carbonyl (C=O) groups excluding carboxylic acids is 2. The van der Waals surface area contributed by atoms with E-state index in [1.807, 2.05) is 0 Å². The topological polar surface area (TPSA) is 67.4 Å². The fourth-order valence-electron chi connectivity index (χ4n) is 2.09. The normalized spacial score (nSPS) is 10.1. The van der Waals surface area contributed by atoms with Crippen LogP contribution in [0.25, 0.3) is 0 Å². The van der Waals surface area contributed by atoms with Gasteiger partial charge in [-0.05, 0) is 74.1 Å². The summed E-state index contributed by atoms with van der Waals surface area (Å²) in [6.07, 6.45) is 0.850. The molecule has 0 spiro atoms. The lowest BCUT2D eigenvalue weighted by Gasteiger charge is -2.10. The van der Waals surface area contributed by atoms with Crippen LogP contribution in [0.15, 0.2) is 48.5 Å². The van der Waals surface area contributed by atoms with Gasteiger partial charge in [0.05, 0.1) is 6.61 Å². The lowest BCUT2D eigenvalue weighted by molar-refractivity contribution is -0.119. The number of amides is 1. The molecule has 0 unspecified atom stereocenters. The smallest absolute Gasteiger partial charge is 0.226 e. The molecule has 2 aromatic rings.